The molecule has 1 aliphatic rings. The van der Waals surface area contributed by atoms with Crippen molar-refractivity contribution in [3.05, 3.63) is 45.7 Å². The van der Waals surface area contributed by atoms with E-state index in [2.05, 4.69) is 28.3 Å². The summed E-state index contributed by atoms with van der Waals surface area (Å²) in [5, 5.41) is 3.57. The Bertz CT molecular complexity index is 527. The minimum absolute atomic E-state index is 0.234. The van der Waals surface area contributed by atoms with Crippen molar-refractivity contribution in [2.75, 3.05) is 6.54 Å². The largest absolute Gasteiger partial charge is 0.306 e. The number of hydrogen-bond acceptors (Lipinski definition) is 4. The maximum atomic E-state index is 4.16. The molecule has 0 radical (unpaired) electrons. The van der Waals surface area contributed by atoms with Crippen LogP contribution in [-0.4, -0.2) is 16.5 Å². The SMILES string of the molecule is CCNC(c1cncnc1)c1cc2c(s1)CCCCC2. The van der Waals surface area contributed by atoms with Crippen LogP contribution >= 0.6 is 11.3 Å². The van der Waals surface area contributed by atoms with E-state index in [9.17, 15) is 0 Å². The second-order valence-electron chi connectivity index (χ2n) is 5.32. The van der Waals surface area contributed by atoms with E-state index < -0.39 is 0 Å². The molecule has 0 spiro atoms. The molecule has 0 fully saturated rings. The number of fused-ring (bicyclic) bond motifs is 1. The van der Waals surface area contributed by atoms with Crippen molar-refractivity contribution in [1.29, 1.82) is 0 Å². The molecule has 0 aromatic carbocycles. The molecule has 0 aliphatic heterocycles. The van der Waals surface area contributed by atoms with Crippen LogP contribution in [0.25, 0.3) is 0 Å². The minimum Gasteiger partial charge on any atom is -0.306 e. The summed E-state index contributed by atoms with van der Waals surface area (Å²) in [4.78, 5) is 11.3. The number of rotatable bonds is 4. The van der Waals surface area contributed by atoms with Crippen LogP contribution in [0.4, 0.5) is 0 Å². The Balaban J connectivity index is 1.92. The molecular formula is C16H21N3S. The number of nitrogens with zero attached hydrogens (tertiary/aromatic N) is 2. The van der Waals surface area contributed by atoms with Crippen molar-refractivity contribution >= 4 is 11.3 Å². The topological polar surface area (TPSA) is 37.8 Å². The average Bonchev–Trinajstić information content (AvgIpc) is 2.76. The van der Waals surface area contributed by atoms with Crippen molar-refractivity contribution in [3.8, 4) is 0 Å². The van der Waals surface area contributed by atoms with E-state index in [1.54, 1.807) is 16.8 Å². The summed E-state index contributed by atoms with van der Waals surface area (Å²) in [6, 6.07) is 2.64. The molecule has 0 bridgehead atoms. The van der Waals surface area contributed by atoms with Gasteiger partial charge >= 0.3 is 0 Å². The zero-order valence-electron chi connectivity index (χ0n) is 11.9. The average molecular weight is 287 g/mol. The lowest BCUT2D eigenvalue weighted by Gasteiger charge is -2.16. The Morgan fingerprint density at radius 3 is 2.80 bits per heavy atom. The molecule has 3 rings (SSSR count). The third-order valence-corrected chi connectivity index (χ3v) is 5.17. The van der Waals surface area contributed by atoms with Gasteiger partial charge in [-0.3, -0.25) is 0 Å². The summed E-state index contributed by atoms with van der Waals surface area (Å²) in [5.74, 6) is 0. The predicted octanol–water partition coefficient (Wildman–Crippen LogP) is 3.51. The highest BCUT2D eigenvalue weighted by Crippen LogP contribution is 2.34. The Kier molecular flexibility index (Phi) is 4.43. The van der Waals surface area contributed by atoms with E-state index >= 15 is 0 Å². The van der Waals surface area contributed by atoms with Crippen LogP contribution in [0, 0.1) is 0 Å². The first-order chi connectivity index (χ1) is 9.88. The van der Waals surface area contributed by atoms with Crippen molar-refractivity contribution in [2.24, 2.45) is 0 Å². The fourth-order valence-electron chi connectivity index (χ4n) is 2.88. The third-order valence-electron chi connectivity index (χ3n) is 3.87. The molecule has 1 atom stereocenters. The van der Waals surface area contributed by atoms with Gasteiger partial charge in [0.1, 0.15) is 6.33 Å². The second kappa shape index (κ2) is 6.46. The van der Waals surface area contributed by atoms with E-state index in [1.165, 1.54) is 37.0 Å². The smallest absolute Gasteiger partial charge is 0.115 e. The van der Waals surface area contributed by atoms with Crippen molar-refractivity contribution < 1.29 is 0 Å². The number of nitrogens with one attached hydrogen (secondary N) is 1. The van der Waals surface area contributed by atoms with Gasteiger partial charge < -0.3 is 5.32 Å². The molecular weight excluding hydrogens is 266 g/mol. The highest BCUT2D eigenvalue weighted by atomic mass is 32.1. The Labute approximate surface area is 124 Å². The highest BCUT2D eigenvalue weighted by Gasteiger charge is 2.19. The van der Waals surface area contributed by atoms with Gasteiger partial charge in [0.05, 0.1) is 6.04 Å². The lowest BCUT2D eigenvalue weighted by molar-refractivity contribution is 0.634. The Hall–Kier alpha value is -1.26. The van der Waals surface area contributed by atoms with Crippen molar-refractivity contribution in [2.45, 2.75) is 45.1 Å². The zero-order chi connectivity index (χ0) is 13.8. The molecule has 2 heterocycles. The molecule has 0 amide bonds. The van der Waals surface area contributed by atoms with Crippen LogP contribution in [0.1, 0.15) is 53.1 Å². The molecule has 20 heavy (non-hydrogen) atoms. The molecule has 4 heteroatoms. The molecule has 2 aromatic heterocycles. The Morgan fingerprint density at radius 2 is 2.00 bits per heavy atom. The third kappa shape index (κ3) is 2.91. The molecule has 0 saturated heterocycles. The number of aromatic nitrogens is 2. The van der Waals surface area contributed by atoms with Gasteiger partial charge in [0.25, 0.3) is 0 Å². The van der Waals surface area contributed by atoms with Crippen molar-refractivity contribution in [3.63, 3.8) is 0 Å². The first-order valence-electron chi connectivity index (χ1n) is 7.48. The van der Waals surface area contributed by atoms with Crippen LogP contribution in [0.2, 0.25) is 0 Å². The number of thiophene rings is 1. The summed E-state index contributed by atoms with van der Waals surface area (Å²) in [7, 11) is 0. The normalized spacial score (nSPS) is 16.4. The standard InChI is InChI=1S/C16H21N3S/c1-2-19-16(13-9-17-11-18-10-13)15-8-12-6-4-3-5-7-14(12)20-15/h8-11,16,19H,2-7H2,1H3. The monoisotopic (exact) mass is 287 g/mol. The molecule has 106 valence electrons. The van der Waals surface area contributed by atoms with Gasteiger partial charge in [-0.2, -0.15) is 0 Å². The van der Waals surface area contributed by atoms with Gasteiger partial charge in [-0.05, 0) is 43.9 Å². The maximum absolute atomic E-state index is 4.16. The van der Waals surface area contributed by atoms with E-state index in [0.29, 0.717) is 0 Å². The van der Waals surface area contributed by atoms with Crippen molar-refractivity contribution in [1.82, 2.24) is 15.3 Å². The first-order valence-corrected chi connectivity index (χ1v) is 8.30. The van der Waals surface area contributed by atoms with Crippen LogP contribution in [0.15, 0.2) is 24.8 Å². The summed E-state index contributed by atoms with van der Waals surface area (Å²) < 4.78 is 0. The number of aryl methyl sites for hydroxylation is 2. The first kappa shape index (κ1) is 13.7. The summed E-state index contributed by atoms with van der Waals surface area (Å²) in [5.41, 5.74) is 2.73. The fraction of sp³-hybridized carbons (Fsp3) is 0.500. The Morgan fingerprint density at radius 1 is 1.20 bits per heavy atom. The van der Waals surface area contributed by atoms with Gasteiger partial charge in [0, 0.05) is 27.7 Å². The maximum Gasteiger partial charge on any atom is 0.115 e. The quantitative estimate of drug-likeness (QED) is 0.875. The fourth-order valence-corrected chi connectivity index (χ4v) is 4.24. The van der Waals surface area contributed by atoms with E-state index in [4.69, 9.17) is 0 Å². The zero-order valence-corrected chi connectivity index (χ0v) is 12.7. The molecule has 1 aliphatic carbocycles. The van der Waals surface area contributed by atoms with E-state index in [-0.39, 0.29) is 6.04 Å². The summed E-state index contributed by atoms with van der Waals surface area (Å²) in [6.07, 6.45) is 12.0. The summed E-state index contributed by atoms with van der Waals surface area (Å²) >= 11 is 1.97. The molecule has 2 aromatic rings. The molecule has 0 saturated carbocycles. The van der Waals surface area contributed by atoms with Gasteiger partial charge in [-0.25, -0.2) is 9.97 Å². The lowest BCUT2D eigenvalue weighted by Crippen LogP contribution is -2.21. The lowest BCUT2D eigenvalue weighted by atomic mass is 10.1. The highest BCUT2D eigenvalue weighted by molar-refractivity contribution is 7.12. The second-order valence-corrected chi connectivity index (χ2v) is 6.49. The number of hydrogen-bond donors (Lipinski definition) is 1. The van der Waals surface area contributed by atoms with Crippen LogP contribution in [0.3, 0.4) is 0 Å². The van der Waals surface area contributed by atoms with Gasteiger partial charge in [-0.1, -0.05) is 13.3 Å². The van der Waals surface area contributed by atoms with Gasteiger partial charge in [-0.15, -0.1) is 11.3 Å². The van der Waals surface area contributed by atoms with Gasteiger partial charge in [0.2, 0.25) is 0 Å². The summed E-state index contributed by atoms with van der Waals surface area (Å²) in [6.45, 7) is 3.09. The minimum atomic E-state index is 0.234. The molecule has 3 nitrogen and oxygen atoms in total. The van der Waals surface area contributed by atoms with Crippen LogP contribution in [0.5, 0.6) is 0 Å². The van der Waals surface area contributed by atoms with E-state index in [1.807, 2.05) is 23.7 Å². The van der Waals surface area contributed by atoms with E-state index in [0.717, 1.165) is 12.1 Å². The van der Waals surface area contributed by atoms with Crippen LogP contribution in [-0.2, 0) is 12.8 Å². The van der Waals surface area contributed by atoms with Crippen LogP contribution < -0.4 is 5.32 Å². The predicted molar refractivity (Wildman–Crippen MR) is 83.1 cm³/mol. The molecule has 1 N–H and O–H groups in total. The molecule has 1 unspecified atom stereocenters. The van der Waals surface area contributed by atoms with Gasteiger partial charge in [0.15, 0.2) is 0 Å².